The molecular weight excluding hydrogens is 285 g/mol. The van der Waals surface area contributed by atoms with Crippen molar-refractivity contribution in [3.05, 3.63) is 48.0 Å². The van der Waals surface area contributed by atoms with E-state index in [-0.39, 0.29) is 5.56 Å². The highest BCUT2D eigenvalue weighted by molar-refractivity contribution is 7.22. The number of hydrogen-bond donors (Lipinski definition) is 1. The Balaban J connectivity index is 2.20. The number of nitrogens with two attached hydrogens (primary N) is 1. The summed E-state index contributed by atoms with van der Waals surface area (Å²) in [6.07, 6.45) is -4.40. The van der Waals surface area contributed by atoms with E-state index >= 15 is 0 Å². The van der Waals surface area contributed by atoms with Gasteiger partial charge in [0, 0.05) is 6.07 Å². The van der Waals surface area contributed by atoms with Crippen molar-refractivity contribution in [3.63, 3.8) is 0 Å². The van der Waals surface area contributed by atoms with Gasteiger partial charge in [-0.25, -0.2) is 4.98 Å². The van der Waals surface area contributed by atoms with E-state index in [2.05, 4.69) is 11.1 Å². The van der Waals surface area contributed by atoms with Gasteiger partial charge in [0.15, 0.2) is 5.13 Å². The summed E-state index contributed by atoms with van der Waals surface area (Å²) in [6.45, 7) is 0. The van der Waals surface area contributed by atoms with Crippen molar-refractivity contribution in [1.82, 2.24) is 4.98 Å². The predicted octanol–water partition coefficient (Wildman–Crippen LogP) is 4.36. The van der Waals surface area contributed by atoms with Crippen molar-refractivity contribution in [2.75, 3.05) is 5.73 Å². The Morgan fingerprint density at radius 2 is 1.85 bits per heavy atom. The fraction of sp³-hybridized carbons (Fsp3) is 0.0714. The van der Waals surface area contributed by atoms with E-state index in [1.807, 2.05) is 0 Å². The lowest BCUT2D eigenvalue weighted by Crippen LogP contribution is -2.06. The molecule has 0 amide bonds. The number of benzene rings is 2. The summed E-state index contributed by atoms with van der Waals surface area (Å²) >= 11 is 1.28. The van der Waals surface area contributed by atoms with Crippen molar-refractivity contribution >= 4 is 26.7 Å². The smallest absolute Gasteiger partial charge is 0.375 e. The topological polar surface area (TPSA) is 38.9 Å². The summed E-state index contributed by atoms with van der Waals surface area (Å²) in [7, 11) is 0. The second-order valence-corrected chi connectivity index (χ2v) is 5.24. The first-order chi connectivity index (χ1) is 9.45. The molecular formula is C14H8F3N2S. The van der Waals surface area contributed by atoms with E-state index in [9.17, 15) is 13.2 Å². The van der Waals surface area contributed by atoms with Gasteiger partial charge >= 0.3 is 6.18 Å². The molecule has 2 N–H and O–H groups in total. The van der Waals surface area contributed by atoms with Gasteiger partial charge in [0.2, 0.25) is 0 Å². The second-order valence-electron chi connectivity index (χ2n) is 4.18. The average molecular weight is 293 g/mol. The van der Waals surface area contributed by atoms with Gasteiger partial charge in [-0.1, -0.05) is 35.6 Å². The zero-order chi connectivity index (χ0) is 14.3. The standard InChI is InChI=1S/C14H8F3N2S/c15-14(16,17)10-4-2-1-3-9(10)8-5-6-12-11(7-8)19-13(18)20-12/h1-6H,(H2,18,19). The third-order valence-electron chi connectivity index (χ3n) is 2.85. The van der Waals surface area contributed by atoms with E-state index in [1.165, 1.54) is 23.5 Å². The van der Waals surface area contributed by atoms with E-state index in [0.717, 1.165) is 10.8 Å². The number of nitrogen functional groups attached to an aromatic ring is 1. The molecule has 6 heteroatoms. The van der Waals surface area contributed by atoms with Crippen molar-refractivity contribution in [1.29, 1.82) is 0 Å². The van der Waals surface area contributed by atoms with Crippen LogP contribution >= 0.6 is 11.3 Å². The van der Waals surface area contributed by atoms with E-state index < -0.39 is 11.7 Å². The molecule has 1 aromatic heterocycles. The lowest BCUT2D eigenvalue weighted by Gasteiger charge is -2.12. The average Bonchev–Trinajstić information content (AvgIpc) is 2.76. The largest absolute Gasteiger partial charge is 0.417 e. The third kappa shape index (κ3) is 2.22. The van der Waals surface area contributed by atoms with E-state index in [0.29, 0.717) is 16.2 Å². The Morgan fingerprint density at radius 3 is 2.60 bits per heavy atom. The van der Waals surface area contributed by atoms with Crippen molar-refractivity contribution in [2.45, 2.75) is 6.18 Å². The molecule has 0 aliphatic heterocycles. The van der Waals surface area contributed by atoms with Crippen LogP contribution < -0.4 is 5.73 Å². The zero-order valence-corrected chi connectivity index (χ0v) is 10.8. The first kappa shape index (κ1) is 12.9. The number of thiazole rings is 1. The van der Waals surface area contributed by atoms with Gasteiger partial charge in [0.05, 0.1) is 15.8 Å². The van der Waals surface area contributed by atoms with Crippen LogP contribution in [0.1, 0.15) is 5.56 Å². The molecule has 0 aliphatic carbocycles. The Bertz CT molecular complexity index is 777. The molecule has 1 radical (unpaired) electrons. The molecule has 101 valence electrons. The second kappa shape index (κ2) is 4.49. The number of rotatable bonds is 1. The quantitative estimate of drug-likeness (QED) is 0.724. The fourth-order valence-electron chi connectivity index (χ4n) is 2.00. The molecule has 20 heavy (non-hydrogen) atoms. The normalized spacial score (nSPS) is 11.9. The summed E-state index contributed by atoms with van der Waals surface area (Å²) in [4.78, 5) is 4.05. The van der Waals surface area contributed by atoms with Crippen LogP contribution in [0.3, 0.4) is 0 Å². The van der Waals surface area contributed by atoms with Crippen molar-refractivity contribution in [2.24, 2.45) is 0 Å². The molecule has 3 aromatic rings. The summed E-state index contributed by atoms with van der Waals surface area (Å²) in [5.74, 6) is 0. The first-order valence-corrected chi connectivity index (χ1v) is 6.52. The number of halogens is 3. The molecule has 0 spiro atoms. The van der Waals surface area contributed by atoms with Gasteiger partial charge in [0.1, 0.15) is 0 Å². The molecule has 0 bridgehead atoms. The highest BCUT2D eigenvalue weighted by atomic mass is 32.1. The molecule has 2 nitrogen and oxygen atoms in total. The molecule has 0 atom stereocenters. The SMILES string of the molecule is Nc1nc2[c]c(-c3ccccc3C(F)(F)F)ccc2s1. The van der Waals surface area contributed by atoms with Gasteiger partial charge in [-0.2, -0.15) is 13.2 Å². The van der Waals surface area contributed by atoms with Gasteiger partial charge in [-0.05, 0) is 23.3 Å². The van der Waals surface area contributed by atoms with Crippen LogP contribution in [-0.2, 0) is 6.18 Å². The number of alkyl halides is 3. The van der Waals surface area contributed by atoms with Crippen LogP contribution in [0.15, 0.2) is 36.4 Å². The minimum Gasteiger partial charge on any atom is -0.375 e. The minimum absolute atomic E-state index is 0.0912. The van der Waals surface area contributed by atoms with Crippen LogP contribution in [0.5, 0.6) is 0 Å². The highest BCUT2D eigenvalue weighted by Gasteiger charge is 2.33. The lowest BCUT2D eigenvalue weighted by molar-refractivity contribution is -0.137. The summed E-state index contributed by atoms with van der Waals surface area (Å²) < 4.78 is 39.8. The maximum absolute atomic E-state index is 13.0. The summed E-state index contributed by atoms with van der Waals surface area (Å²) in [5, 5.41) is 0.373. The van der Waals surface area contributed by atoms with Crippen molar-refractivity contribution in [3.8, 4) is 11.1 Å². The first-order valence-electron chi connectivity index (χ1n) is 5.70. The molecule has 0 saturated heterocycles. The molecule has 3 rings (SSSR count). The third-order valence-corrected chi connectivity index (χ3v) is 3.70. The van der Waals surface area contributed by atoms with Gasteiger partial charge in [-0.3, -0.25) is 0 Å². The molecule has 2 aromatic carbocycles. The Hall–Kier alpha value is -2.08. The van der Waals surface area contributed by atoms with Gasteiger partial charge < -0.3 is 5.73 Å². The van der Waals surface area contributed by atoms with E-state index in [4.69, 9.17) is 5.73 Å². The number of hydrogen-bond acceptors (Lipinski definition) is 3. The number of anilines is 1. The number of fused-ring (bicyclic) bond motifs is 1. The maximum Gasteiger partial charge on any atom is 0.417 e. The van der Waals surface area contributed by atoms with Crippen LogP contribution in [0.25, 0.3) is 21.3 Å². The Kier molecular flexibility index (Phi) is 2.90. The number of aromatic nitrogens is 1. The lowest BCUT2D eigenvalue weighted by atomic mass is 9.99. The zero-order valence-electron chi connectivity index (χ0n) is 10.0. The van der Waals surface area contributed by atoms with Gasteiger partial charge in [0.25, 0.3) is 0 Å². The van der Waals surface area contributed by atoms with Crippen LogP contribution in [-0.4, -0.2) is 4.98 Å². The predicted molar refractivity (Wildman–Crippen MR) is 73.3 cm³/mol. The van der Waals surface area contributed by atoms with Gasteiger partial charge in [-0.15, -0.1) is 0 Å². The minimum atomic E-state index is -4.40. The Labute approximate surface area is 116 Å². The molecule has 1 heterocycles. The Morgan fingerprint density at radius 1 is 1.10 bits per heavy atom. The van der Waals surface area contributed by atoms with Crippen molar-refractivity contribution < 1.29 is 13.2 Å². The number of nitrogens with zero attached hydrogens (tertiary/aromatic N) is 1. The fourth-order valence-corrected chi connectivity index (χ4v) is 2.69. The molecule has 0 aliphatic rings. The highest BCUT2D eigenvalue weighted by Crippen LogP contribution is 2.37. The molecule has 0 unspecified atom stereocenters. The molecule has 0 fully saturated rings. The molecule has 0 saturated carbocycles. The van der Waals surface area contributed by atoms with Crippen LogP contribution in [0, 0.1) is 6.07 Å². The van der Waals surface area contributed by atoms with E-state index in [1.54, 1.807) is 18.2 Å². The van der Waals surface area contributed by atoms with Crippen LogP contribution in [0.4, 0.5) is 18.3 Å². The summed E-state index contributed by atoms with van der Waals surface area (Å²) in [6, 6.07) is 11.6. The monoisotopic (exact) mass is 293 g/mol. The summed E-state index contributed by atoms with van der Waals surface area (Å²) in [5.41, 5.74) is 5.84. The maximum atomic E-state index is 13.0. The van der Waals surface area contributed by atoms with Crippen LogP contribution in [0.2, 0.25) is 0 Å².